The van der Waals surface area contributed by atoms with E-state index in [2.05, 4.69) is 11.9 Å². The van der Waals surface area contributed by atoms with E-state index < -0.39 is 15.8 Å². The molecule has 0 saturated carbocycles. The Morgan fingerprint density at radius 1 is 1.53 bits per heavy atom. The third-order valence-corrected chi connectivity index (χ3v) is 4.50. The Kier molecular flexibility index (Phi) is 5.14. The maximum absolute atomic E-state index is 11.2. The molecule has 1 unspecified atom stereocenters. The lowest BCUT2D eigenvalue weighted by Crippen LogP contribution is -2.27. The van der Waals surface area contributed by atoms with Crippen molar-refractivity contribution in [2.24, 2.45) is 5.92 Å². The van der Waals surface area contributed by atoms with Gasteiger partial charge in [-0.15, -0.1) is 0 Å². The fourth-order valence-corrected chi connectivity index (χ4v) is 3.63. The Labute approximate surface area is 102 Å². The van der Waals surface area contributed by atoms with Crippen molar-refractivity contribution in [3.8, 4) is 0 Å². The molecular formula is C11H19NO4S. The van der Waals surface area contributed by atoms with Crippen LogP contribution >= 0.6 is 0 Å². The van der Waals surface area contributed by atoms with E-state index in [-0.39, 0.29) is 17.4 Å². The molecule has 1 N–H and O–H groups in total. The number of hydrogen-bond acceptors (Lipinski definition) is 5. The van der Waals surface area contributed by atoms with Gasteiger partial charge >= 0.3 is 5.97 Å². The highest BCUT2D eigenvalue weighted by atomic mass is 32.2. The van der Waals surface area contributed by atoms with Crippen molar-refractivity contribution >= 4 is 15.8 Å². The molecule has 1 heterocycles. The second-order valence-electron chi connectivity index (χ2n) is 4.22. The van der Waals surface area contributed by atoms with Gasteiger partial charge in [0.2, 0.25) is 0 Å². The molecule has 1 atom stereocenters. The predicted octanol–water partition coefficient (Wildman–Crippen LogP) is 0.130. The lowest BCUT2D eigenvalue weighted by Gasteiger charge is -2.10. The highest BCUT2D eigenvalue weighted by molar-refractivity contribution is 7.91. The number of hydrogen-bond donors (Lipinski definition) is 1. The van der Waals surface area contributed by atoms with Gasteiger partial charge in [0.1, 0.15) is 0 Å². The second kappa shape index (κ2) is 6.16. The molecule has 0 radical (unpaired) electrons. The highest BCUT2D eigenvalue weighted by Crippen LogP contribution is 2.17. The van der Waals surface area contributed by atoms with Crippen LogP contribution in [0.1, 0.15) is 13.3 Å². The van der Waals surface area contributed by atoms with Gasteiger partial charge in [-0.1, -0.05) is 6.58 Å². The normalized spacial score (nSPS) is 22.3. The zero-order valence-electron chi connectivity index (χ0n) is 10.1. The van der Waals surface area contributed by atoms with E-state index in [0.29, 0.717) is 31.7 Å². The first-order valence-electron chi connectivity index (χ1n) is 5.70. The number of rotatable bonds is 6. The van der Waals surface area contributed by atoms with Gasteiger partial charge in [-0.2, -0.15) is 0 Å². The third-order valence-electron chi connectivity index (χ3n) is 2.66. The largest absolute Gasteiger partial charge is 0.463 e. The van der Waals surface area contributed by atoms with Crippen molar-refractivity contribution in [2.75, 3.05) is 31.2 Å². The van der Waals surface area contributed by atoms with Crippen LogP contribution in [0.4, 0.5) is 0 Å². The standard InChI is InChI=1S/C11H19NO4S/c1-3-16-11(13)9(2)6-12-7-10-4-5-17(14,15)8-10/h10,12H,2-8H2,1H3. The average molecular weight is 261 g/mol. The molecule has 0 aromatic heterocycles. The molecule has 5 nitrogen and oxygen atoms in total. The van der Waals surface area contributed by atoms with Crippen LogP contribution in [0, 0.1) is 5.92 Å². The molecule has 1 aliphatic rings. The molecule has 0 amide bonds. The minimum Gasteiger partial charge on any atom is -0.463 e. The van der Waals surface area contributed by atoms with Crippen LogP contribution < -0.4 is 5.32 Å². The van der Waals surface area contributed by atoms with Crippen molar-refractivity contribution in [1.29, 1.82) is 0 Å². The van der Waals surface area contributed by atoms with Crippen LogP contribution in [0.3, 0.4) is 0 Å². The summed E-state index contributed by atoms with van der Waals surface area (Å²) in [6.07, 6.45) is 0.696. The molecule has 6 heteroatoms. The number of esters is 1. The molecule has 1 aliphatic heterocycles. The molecule has 1 fully saturated rings. The van der Waals surface area contributed by atoms with Gasteiger partial charge in [0.15, 0.2) is 9.84 Å². The lowest BCUT2D eigenvalue weighted by atomic mass is 10.1. The van der Waals surface area contributed by atoms with Gasteiger partial charge < -0.3 is 10.1 Å². The van der Waals surface area contributed by atoms with Crippen LogP contribution in [-0.2, 0) is 19.4 Å². The molecule has 17 heavy (non-hydrogen) atoms. The minimum absolute atomic E-state index is 0.148. The summed E-state index contributed by atoms with van der Waals surface area (Å²) in [4.78, 5) is 11.2. The number of sulfone groups is 1. The first-order valence-corrected chi connectivity index (χ1v) is 7.53. The number of carbonyl (C=O) groups is 1. The van der Waals surface area contributed by atoms with Gasteiger partial charge in [-0.3, -0.25) is 0 Å². The summed E-state index contributed by atoms with van der Waals surface area (Å²) in [6, 6.07) is 0. The molecule has 0 bridgehead atoms. The van der Waals surface area contributed by atoms with Crippen molar-refractivity contribution in [3.05, 3.63) is 12.2 Å². The Morgan fingerprint density at radius 2 is 2.24 bits per heavy atom. The first-order chi connectivity index (χ1) is 7.94. The molecule has 0 aromatic rings. The summed E-state index contributed by atoms with van der Waals surface area (Å²) in [5.41, 5.74) is 0.368. The molecule has 1 rings (SSSR count). The van der Waals surface area contributed by atoms with Crippen LogP contribution in [0.15, 0.2) is 12.2 Å². The maximum Gasteiger partial charge on any atom is 0.334 e. The monoisotopic (exact) mass is 261 g/mol. The molecule has 0 aliphatic carbocycles. The van der Waals surface area contributed by atoms with E-state index in [4.69, 9.17) is 4.74 Å². The minimum atomic E-state index is -2.83. The van der Waals surface area contributed by atoms with Gasteiger partial charge in [-0.05, 0) is 25.8 Å². The Balaban J connectivity index is 2.20. The smallest absolute Gasteiger partial charge is 0.334 e. The van der Waals surface area contributed by atoms with E-state index in [0.717, 1.165) is 0 Å². The Hall–Kier alpha value is -0.880. The van der Waals surface area contributed by atoms with Crippen LogP contribution in [-0.4, -0.2) is 45.6 Å². The summed E-state index contributed by atoms with van der Waals surface area (Å²) >= 11 is 0. The van der Waals surface area contributed by atoms with Crippen molar-refractivity contribution in [2.45, 2.75) is 13.3 Å². The summed E-state index contributed by atoms with van der Waals surface area (Å²) in [5.74, 6) is 0.262. The summed E-state index contributed by atoms with van der Waals surface area (Å²) in [6.45, 7) is 6.62. The average Bonchev–Trinajstić information content (AvgIpc) is 2.58. The highest BCUT2D eigenvalue weighted by Gasteiger charge is 2.27. The van der Waals surface area contributed by atoms with Crippen molar-refractivity contribution in [1.82, 2.24) is 5.32 Å². The third kappa shape index (κ3) is 4.87. The van der Waals surface area contributed by atoms with E-state index >= 15 is 0 Å². The fraction of sp³-hybridized carbons (Fsp3) is 0.727. The SMILES string of the molecule is C=C(CNCC1CCS(=O)(=O)C1)C(=O)OCC. The van der Waals surface area contributed by atoms with Crippen molar-refractivity contribution < 1.29 is 17.9 Å². The Morgan fingerprint density at radius 3 is 2.76 bits per heavy atom. The maximum atomic E-state index is 11.2. The van der Waals surface area contributed by atoms with Gasteiger partial charge in [0, 0.05) is 12.1 Å². The van der Waals surface area contributed by atoms with Crippen LogP contribution in [0.5, 0.6) is 0 Å². The predicted molar refractivity (Wildman–Crippen MR) is 65.4 cm³/mol. The van der Waals surface area contributed by atoms with E-state index in [1.165, 1.54) is 0 Å². The van der Waals surface area contributed by atoms with Gasteiger partial charge in [-0.25, -0.2) is 13.2 Å². The first kappa shape index (κ1) is 14.2. The zero-order chi connectivity index (χ0) is 12.9. The summed E-state index contributed by atoms with van der Waals surface area (Å²) in [5, 5.41) is 3.04. The number of carbonyl (C=O) groups excluding carboxylic acids is 1. The quantitative estimate of drug-likeness (QED) is 0.543. The van der Waals surface area contributed by atoms with Crippen molar-refractivity contribution in [3.63, 3.8) is 0 Å². The van der Waals surface area contributed by atoms with E-state index in [1.54, 1.807) is 6.92 Å². The lowest BCUT2D eigenvalue weighted by molar-refractivity contribution is -0.138. The molecule has 0 aromatic carbocycles. The van der Waals surface area contributed by atoms with Crippen LogP contribution in [0.2, 0.25) is 0 Å². The van der Waals surface area contributed by atoms with Gasteiger partial charge in [0.05, 0.1) is 18.1 Å². The molecule has 98 valence electrons. The van der Waals surface area contributed by atoms with E-state index in [9.17, 15) is 13.2 Å². The molecular weight excluding hydrogens is 242 g/mol. The topological polar surface area (TPSA) is 72.5 Å². The summed E-state index contributed by atoms with van der Waals surface area (Å²) < 4.78 is 27.2. The van der Waals surface area contributed by atoms with Crippen LogP contribution in [0.25, 0.3) is 0 Å². The number of ether oxygens (including phenoxy) is 1. The fourth-order valence-electron chi connectivity index (χ4n) is 1.77. The van der Waals surface area contributed by atoms with E-state index in [1.807, 2.05) is 0 Å². The molecule has 1 saturated heterocycles. The van der Waals surface area contributed by atoms with Gasteiger partial charge in [0.25, 0.3) is 0 Å². The number of nitrogens with one attached hydrogen (secondary N) is 1. The zero-order valence-corrected chi connectivity index (χ0v) is 10.9. The summed E-state index contributed by atoms with van der Waals surface area (Å²) in [7, 11) is -2.83. The molecule has 0 spiro atoms. The Bertz CT molecular complexity index is 388. The second-order valence-corrected chi connectivity index (χ2v) is 6.45.